The summed E-state index contributed by atoms with van der Waals surface area (Å²) in [6, 6.07) is 2.59. The molecular weight excluding hydrogens is 318 g/mol. The van der Waals surface area contributed by atoms with E-state index in [-0.39, 0.29) is 6.03 Å². The Bertz CT molecular complexity index is 485. The quantitative estimate of drug-likeness (QED) is 0.803. The molecule has 0 aromatic carbocycles. The van der Waals surface area contributed by atoms with Crippen molar-refractivity contribution < 1.29 is 9.00 Å². The van der Waals surface area contributed by atoms with Gasteiger partial charge in [0.1, 0.15) is 0 Å². The minimum Gasteiger partial charge on any atom is -0.338 e. The Kier molecular flexibility index (Phi) is 6.85. The van der Waals surface area contributed by atoms with Gasteiger partial charge >= 0.3 is 6.03 Å². The van der Waals surface area contributed by atoms with Crippen molar-refractivity contribution in [3.05, 3.63) is 22.4 Å². The third-order valence-corrected chi connectivity index (χ3v) is 5.62. The minimum absolute atomic E-state index is 0.00437. The molecule has 1 aromatic rings. The maximum atomic E-state index is 12.1. The van der Waals surface area contributed by atoms with Gasteiger partial charge in [0.05, 0.1) is 0 Å². The zero-order valence-electron chi connectivity index (χ0n) is 13.3. The highest BCUT2D eigenvalue weighted by Crippen LogP contribution is 2.23. The number of hydrogen-bond acceptors (Lipinski definition) is 4. The van der Waals surface area contributed by atoms with Crippen LogP contribution in [0, 0.1) is 0 Å². The molecule has 2 rings (SSSR count). The Morgan fingerprint density at radius 2 is 2.14 bits per heavy atom. The van der Waals surface area contributed by atoms with Crippen molar-refractivity contribution in [2.45, 2.75) is 19.4 Å². The van der Waals surface area contributed by atoms with E-state index in [1.807, 2.05) is 4.90 Å². The Morgan fingerprint density at radius 3 is 2.73 bits per heavy atom. The number of carbonyl (C=O) groups excluding carboxylic acids is 1. The van der Waals surface area contributed by atoms with Crippen LogP contribution in [0.4, 0.5) is 4.79 Å². The lowest BCUT2D eigenvalue weighted by Gasteiger charge is -2.37. The minimum atomic E-state index is -0.781. The van der Waals surface area contributed by atoms with Crippen molar-refractivity contribution in [2.75, 3.05) is 44.7 Å². The summed E-state index contributed by atoms with van der Waals surface area (Å²) in [5, 5.41) is 7.22. The van der Waals surface area contributed by atoms with Gasteiger partial charge in [-0.15, -0.1) is 0 Å². The maximum absolute atomic E-state index is 12.1. The van der Waals surface area contributed by atoms with Gasteiger partial charge in [0, 0.05) is 61.6 Å². The number of thiophene rings is 1. The van der Waals surface area contributed by atoms with Crippen LogP contribution in [0.25, 0.3) is 0 Å². The zero-order chi connectivity index (χ0) is 15.9. The highest BCUT2D eigenvalue weighted by Gasteiger charge is 2.24. The van der Waals surface area contributed by atoms with Crippen molar-refractivity contribution in [2.24, 2.45) is 0 Å². The predicted molar refractivity (Wildman–Crippen MR) is 92.8 cm³/mol. The lowest BCUT2D eigenvalue weighted by molar-refractivity contribution is 0.114. The van der Waals surface area contributed by atoms with Crippen LogP contribution in [-0.2, 0) is 10.8 Å². The molecule has 0 radical (unpaired) electrons. The van der Waals surface area contributed by atoms with E-state index in [9.17, 15) is 9.00 Å². The fourth-order valence-electron chi connectivity index (χ4n) is 2.62. The Balaban J connectivity index is 1.70. The van der Waals surface area contributed by atoms with Crippen molar-refractivity contribution in [1.82, 2.24) is 15.1 Å². The number of carbonyl (C=O) groups is 1. The van der Waals surface area contributed by atoms with Gasteiger partial charge in [-0.2, -0.15) is 11.3 Å². The molecule has 1 N–H and O–H groups in total. The molecule has 2 amide bonds. The highest BCUT2D eigenvalue weighted by molar-refractivity contribution is 7.84. The lowest BCUT2D eigenvalue weighted by atomic mass is 10.1. The molecule has 1 aliphatic heterocycles. The molecule has 1 aliphatic rings. The first kappa shape index (κ1) is 17.4. The summed E-state index contributed by atoms with van der Waals surface area (Å²) in [4.78, 5) is 16.4. The van der Waals surface area contributed by atoms with Gasteiger partial charge in [-0.3, -0.25) is 9.11 Å². The zero-order valence-corrected chi connectivity index (χ0v) is 14.9. The van der Waals surface area contributed by atoms with E-state index in [2.05, 4.69) is 34.0 Å². The molecule has 0 saturated carbocycles. The fraction of sp³-hybridized carbons (Fsp3) is 0.667. The molecule has 1 fully saturated rings. The number of amides is 2. The van der Waals surface area contributed by atoms with E-state index in [1.165, 1.54) is 5.56 Å². The summed E-state index contributed by atoms with van der Waals surface area (Å²) in [7, 11) is -0.781. The molecule has 0 aliphatic carbocycles. The number of rotatable bonds is 6. The van der Waals surface area contributed by atoms with Crippen LogP contribution >= 0.6 is 11.3 Å². The summed E-state index contributed by atoms with van der Waals surface area (Å²) >= 11 is 1.73. The van der Waals surface area contributed by atoms with Crippen LogP contribution in [0.5, 0.6) is 0 Å². The Morgan fingerprint density at radius 1 is 1.41 bits per heavy atom. The molecule has 0 bridgehead atoms. The number of piperazine rings is 1. The van der Waals surface area contributed by atoms with Crippen molar-refractivity contribution in [3.63, 3.8) is 0 Å². The number of nitrogens with one attached hydrogen (secondary N) is 1. The second-order valence-electron chi connectivity index (χ2n) is 5.62. The van der Waals surface area contributed by atoms with Gasteiger partial charge in [0.15, 0.2) is 0 Å². The lowest BCUT2D eigenvalue weighted by Crippen LogP contribution is -2.52. The smallest absolute Gasteiger partial charge is 0.317 e. The van der Waals surface area contributed by atoms with Gasteiger partial charge < -0.3 is 10.2 Å². The van der Waals surface area contributed by atoms with Crippen LogP contribution in [0.3, 0.4) is 0 Å². The third kappa shape index (κ3) is 5.07. The van der Waals surface area contributed by atoms with E-state index in [0.717, 1.165) is 32.6 Å². The summed E-state index contributed by atoms with van der Waals surface area (Å²) in [6.07, 6.45) is 2.46. The Labute approximate surface area is 139 Å². The topological polar surface area (TPSA) is 52.6 Å². The monoisotopic (exact) mass is 343 g/mol. The second-order valence-corrected chi connectivity index (χ2v) is 7.95. The molecule has 22 heavy (non-hydrogen) atoms. The molecule has 1 saturated heterocycles. The molecule has 0 spiro atoms. The average molecular weight is 344 g/mol. The van der Waals surface area contributed by atoms with Crippen LogP contribution in [0.2, 0.25) is 0 Å². The maximum Gasteiger partial charge on any atom is 0.317 e. The van der Waals surface area contributed by atoms with Gasteiger partial charge in [-0.25, -0.2) is 4.79 Å². The first-order chi connectivity index (χ1) is 10.6. The van der Waals surface area contributed by atoms with Crippen LogP contribution in [0.1, 0.15) is 24.9 Å². The van der Waals surface area contributed by atoms with E-state index in [1.54, 1.807) is 17.6 Å². The SMILES string of the molecule is C[C@@H](c1ccsc1)N1CCN(C(=O)NCCC[S@@](C)=O)CC1. The highest BCUT2D eigenvalue weighted by atomic mass is 32.2. The molecule has 5 nitrogen and oxygen atoms in total. The van der Waals surface area contributed by atoms with Gasteiger partial charge in [0.25, 0.3) is 0 Å². The molecular formula is C15H25N3O2S2. The van der Waals surface area contributed by atoms with Crippen molar-refractivity contribution >= 4 is 28.2 Å². The van der Waals surface area contributed by atoms with E-state index >= 15 is 0 Å². The van der Waals surface area contributed by atoms with E-state index in [4.69, 9.17) is 0 Å². The molecule has 2 heterocycles. The summed E-state index contributed by atoms with van der Waals surface area (Å²) in [5.41, 5.74) is 1.36. The normalized spacial score (nSPS) is 18.9. The summed E-state index contributed by atoms with van der Waals surface area (Å²) in [5.74, 6) is 0.645. The van der Waals surface area contributed by atoms with Crippen LogP contribution in [0.15, 0.2) is 16.8 Å². The number of hydrogen-bond donors (Lipinski definition) is 1. The molecule has 7 heteroatoms. The Hall–Kier alpha value is -0.920. The average Bonchev–Trinajstić information content (AvgIpc) is 3.05. The van der Waals surface area contributed by atoms with Crippen LogP contribution in [-0.4, -0.2) is 64.8 Å². The second kappa shape index (κ2) is 8.64. The third-order valence-electron chi connectivity index (χ3n) is 4.06. The molecule has 0 unspecified atom stereocenters. The largest absolute Gasteiger partial charge is 0.338 e. The first-order valence-corrected chi connectivity index (χ1v) is 10.3. The number of nitrogens with zero attached hydrogens (tertiary/aromatic N) is 2. The predicted octanol–water partition coefficient (Wildman–Crippen LogP) is 1.90. The fourth-order valence-corrected chi connectivity index (χ4v) is 3.92. The number of urea groups is 1. The molecule has 124 valence electrons. The van der Waals surface area contributed by atoms with Crippen LogP contribution < -0.4 is 5.32 Å². The molecule has 1 aromatic heterocycles. The van der Waals surface area contributed by atoms with E-state index in [0.29, 0.717) is 18.3 Å². The van der Waals surface area contributed by atoms with Crippen molar-refractivity contribution in [3.8, 4) is 0 Å². The first-order valence-electron chi connectivity index (χ1n) is 7.67. The van der Waals surface area contributed by atoms with Crippen molar-refractivity contribution in [1.29, 1.82) is 0 Å². The van der Waals surface area contributed by atoms with Gasteiger partial charge in [-0.05, 0) is 35.7 Å². The molecule has 2 atom stereocenters. The van der Waals surface area contributed by atoms with E-state index < -0.39 is 10.8 Å². The van der Waals surface area contributed by atoms with Gasteiger partial charge in [-0.1, -0.05) is 0 Å². The standard InChI is InChI=1S/C15H25N3O2S2/c1-13(14-4-10-21-12-14)17-6-8-18(9-7-17)15(19)16-5-3-11-22(2)20/h4,10,12-13H,3,5-9,11H2,1-2H3,(H,16,19)/t13-,22+/m0/s1. The summed E-state index contributed by atoms with van der Waals surface area (Å²) < 4.78 is 11.0. The van der Waals surface area contributed by atoms with Gasteiger partial charge in [0.2, 0.25) is 0 Å². The summed E-state index contributed by atoms with van der Waals surface area (Å²) in [6.45, 7) is 6.17.